The minimum absolute atomic E-state index is 0.322. The van der Waals surface area contributed by atoms with Gasteiger partial charge in [0.15, 0.2) is 0 Å². The van der Waals surface area contributed by atoms with E-state index in [-0.39, 0.29) is 0 Å². The molecule has 0 amide bonds. The van der Waals surface area contributed by atoms with E-state index in [1.165, 1.54) is 0 Å². The van der Waals surface area contributed by atoms with Gasteiger partial charge in [-0.05, 0) is 36.6 Å². The van der Waals surface area contributed by atoms with Crippen LogP contribution >= 0.6 is 0 Å². The molecule has 3 nitrogen and oxygen atoms in total. The quantitative estimate of drug-likeness (QED) is 0.802. The largest absolute Gasteiger partial charge is 0.478 e. The summed E-state index contributed by atoms with van der Waals surface area (Å²) in [5.41, 5.74) is 1.30. The van der Waals surface area contributed by atoms with E-state index >= 15 is 0 Å². The van der Waals surface area contributed by atoms with Gasteiger partial charge in [0.25, 0.3) is 0 Å². The highest BCUT2D eigenvalue weighted by molar-refractivity contribution is 5.87. The minimum atomic E-state index is -0.887. The lowest BCUT2D eigenvalue weighted by Gasteiger charge is -2.21. The van der Waals surface area contributed by atoms with E-state index in [1.807, 2.05) is 12.1 Å². The molecule has 1 unspecified atom stereocenters. The zero-order valence-corrected chi connectivity index (χ0v) is 10.0. The number of carboxylic acids is 1. The molecule has 0 aliphatic heterocycles. The first-order valence-electron chi connectivity index (χ1n) is 5.64. The van der Waals surface area contributed by atoms with E-state index in [9.17, 15) is 4.79 Å². The lowest BCUT2D eigenvalue weighted by Crippen LogP contribution is -2.24. The smallest absolute Gasteiger partial charge is 0.335 e. The number of nitrogens with one attached hydrogen (secondary N) is 1. The Hall–Kier alpha value is -1.51. The molecular weight excluding hydrogens is 202 g/mol. The second-order valence-corrected chi connectivity index (χ2v) is 4.29. The molecule has 1 atom stereocenters. The van der Waals surface area contributed by atoms with Gasteiger partial charge in [0, 0.05) is 11.7 Å². The molecule has 1 rings (SSSR count). The number of carboxylic acid groups (broad SMARTS) is 1. The van der Waals surface area contributed by atoms with Gasteiger partial charge in [0.05, 0.1) is 5.56 Å². The van der Waals surface area contributed by atoms with Crippen molar-refractivity contribution < 1.29 is 9.90 Å². The van der Waals surface area contributed by atoms with Crippen molar-refractivity contribution in [3.05, 3.63) is 29.8 Å². The van der Waals surface area contributed by atoms with E-state index < -0.39 is 5.97 Å². The van der Waals surface area contributed by atoms with Gasteiger partial charge >= 0.3 is 5.97 Å². The summed E-state index contributed by atoms with van der Waals surface area (Å²) in [7, 11) is 0. The van der Waals surface area contributed by atoms with Gasteiger partial charge in [-0.25, -0.2) is 4.79 Å². The molecule has 0 radical (unpaired) electrons. The van der Waals surface area contributed by atoms with Crippen LogP contribution in [-0.4, -0.2) is 17.1 Å². The maximum atomic E-state index is 10.7. The van der Waals surface area contributed by atoms with Crippen LogP contribution in [0.1, 0.15) is 37.6 Å². The average molecular weight is 221 g/mol. The van der Waals surface area contributed by atoms with Crippen LogP contribution in [0.4, 0.5) is 5.69 Å². The highest BCUT2D eigenvalue weighted by atomic mass is 16.4. The number of hydrogen-bond donors (Lipinski definition) is 2. The van der Waals surface area contributed by atoms with E-state index in [0.29, 0.717) is 17.5 Å². The second-order valence-electron chi connectivity index (χ2n) is 4.29. The van der Waals surface area contributed by atoms with Crippen LogP contribution in [0.3, 0.4) is 0 Å². The summed E-state index contributed by atoms with van der Waals surface area (Å²) in [6.07, 6.45) is 1.05. The minimum Gasteiger partial charge on any atom is -0.478 e. The van der Waals surface area contributed by atoms with Crippen LogP contribution in [0.15, 0.2) is 24.3 Å². The normalized spacial score (nSPS) is 12.5. The van der Waals surface area contributed by atoms with Crippen LogP contribution in [0, 0.1) is 5.92 Å². The molecule has 0 saturated carbocycles. The molecule has 88 valence electrons. The van der Waals surface area contributed by atoms with Gasteiger partial charge in [-0.3, -0.25) is 0 Å². The van der Waals surface area contributed by atoms with Gasteiger partial charge in [0.2, 0.25) is 0 Å². The summed E-state index contributed by atoms with van der Waals surface area (Å²) in [5, 5.41) is 12.2. The molecular formula is C13H19NO2. The number of benzene rings is 1. The number of hydrogen-bond acceptors (Lipinski definition) is 2. The Kier molecular flexibility index (Phi) is 4.35. The first-order valence-corrected chi connectivity index (χ1v) is 5.64. The third-order valence-corrected chi connectivity index (χ3v) is 2.73. The topological polar surface area (TPSA) is 49.3 Å². The molecule has 0 saturated heterocycles. The standard InChI is InChI=1S/C13H19NO2/c1-4-12(9(2)3)14-11-7-5-10(6-8-11)13(15)16/h5-9,12,14H,4H2,1-3H3,(H,15,16). The van der Waals surface area contributed by atoms with E-state index in [4.69, 9.17) is 5.11 Å². The second kappa shape index (κ2) is 5.54. The van der Waals surface area contributed by atoms with Crippen molar-refractivity contribution in [1.82, 2.24) is 0 Å². The predicted molar refractivity (Wildman–Crippen MR) is 65.9 cm³/mol. The molecule has 0 bridgehead atoms. The van der Waals surface area contributed by atoms with E-state index in [2.05, 4.69) is 26.1 Å². The van der Waals surface area contributed by atoms with Crippen molar-refractivity contribution in [2.75, 3.05) is 5.32 Å². The number of carbonyl (C=O) groups is 1. The first kappa shape index (κ1) is 12.6. The summed E-state index contributed by atoms with van der Waals surface area (Å²) in [5.74, 6) is -0.327. The number of aromatic carboxylic acids is 1. The fourth-order valence-corrected chi connectivity index (χ4v) is 1.66. The molecule has 1 aromatic carbocycles. The molecule has 0 aliphatic rings. The maximum absolute atomic E-state index is 10.7. The molecule has 0 aromatic heterocycles. The van der Waals surface area contributed by atoms with Crippen LogP contribution < -0.4 is 5.32 Å². The Bertz CT molecular complexity index is 343. The van der Waals surface area contributed by atoms with Gasteiger partial charge in [-0.2, -0.15) is 0 Å². The van der Waals surface area contributed by atoms with E-state index in [1.54, 1.807) is 12.1 Å². The molecule has 16 heavy (non-hydrogen) atoms. The highest BCUT2D eigenvalue weighted by Crippen LogP contribution is 2.15. The number of rotatable bonds is 5. The summed E-state index contributed by atoms with van der Waals surface area (Å²) < 4.78 is 0. The summed E-state index contributed by atoms with van der Waals surface area (Å²) in [4.78, 5) is 10.7. The monoisotopic (exact) mass is 221 g/mol. The zero-order chi connectivity index (χ0) is 12.1. The number of anilines is 1. The van der Waals surface area contributed by atoms with Crippen molar-refractivity contribution in [1.29, 1.82) is 0 Å². The Morgan fingerprint density at radius 3 is 2.25 bits per heavy atom. The third kappa shape index (κ3) is 3.26. The lowest BCUT2D eigenvalue weighted by molar-refractivity contribution is 0.0697. The highest BCUT2D eigenvalue weighted by Gasteiger charge is 2.10. The van der Waals surface area contributed by atoms with Crippen LogP contribution in [0.2, 0.25) is 0 Å². The van der Waals surface area contributed by atoms with Crippen LogP contribution in [0.25, 0.3) is 0 Å². The SMILES string of the molecule is CCC(Nc1ccc(C(=O)O)cc1)C(C)C. The Morgan fingerprint density at radius 1 is 1.31 bits per heavy atom. The van der Waals surface area contributed by atoms with Crippen molar-refractivity contribution in [3.8, 4) is 0 Å². The van der Waals surface area contributed by atoms with Crippen molar-refractivity contribution >= 4 is 11.7 Å². The molecule has 2 N–H and O–H groups in total. The van der Waals surface area contributed by atoms with Gasteiger partial charge in [0.1, 0.15) is 0 Å². The third-order valence-electron chi connectivity index (χ3n) is 2.73. The molecule has 0 heterocycles. The van der Waals surface area contributed by atoms with Crippen LogP contribution in [0.5, 0.6) is 0 Å². The summed E-state index contributed by atoms with van der Waals surface area (Å²) in [6, 6.07) is 7.30. The van der Waals surface area contributed by atoms with Crippen molar-refractivity contribution in [2.24, 2.45) is 5.92 Å². The van der Waals surface area contributed by atoms with Crippen molar-refractivity contribution in [3.63, 3.8) is 0 Å². The maximum Gasteiger partial charge on any atom is 0.335 e. The zero-order valence-electron chi connectivity index (χ0n) is 10.0. The molecule has 1 aromatic rings. The average Bonchev–Trinajstić information content (AvgIpc) is 2.26. The fraction of sp³-hybridized carbons (Fsp3) is 0.462. The van der Waals surface area contributed by atoms with E-state index in [0.717, 1.165) is 12.1 Å². The summed E-state index contributed by atoms with van der Waals surface area (Å²) >= 11 is 0. The first-order chi connectivity index (χ1) is 7.54. The van der Waals surface area contributed by atoms with Gasteiger partial charge < -0.3 is 10.4 Å². The van der Waals surface area contributed by atoms with Gasteiger partial charge in [-0.15, -0.1) is 0 Å². The predicted octanol–water partition coefficient (Wildman–Crippen LogP) is 3.23. The summed E-state index contributed by atoms with van der Waals surface area (Å²) in [6.45, 7) is 6.49. The van der Waals surface area contributed by atoms with Gasteiger partial charge in [-0.1, -0.05) is 20.8 Å². The lowest BCUT2D eigenvalue weighted by atomic mass is 10.0. The Balaban J connectivity index is 2.71. The molecule has 0 aliphatic carbocycles. The Morgan fingerprint density at radius 2 is 1.88 bits per heavy atom. The molecule has 3 heteroatoms. The molecule has 0 spiro atoms. The van der Waals surface area contributed by atoms with Crippen LogP contribution in [-0.2, 0) is 0 Å². The Labute approximate surface area is 96.5 Å². The van der Waals surface area contributed by atoms with Crippen molar-refractivity contribution in [2.45, 2.75) is 33.2 Å². The fourth-order valence-electron chi connectivity index (χ4n) is 1.66. The molecule has 0 fully saturated rings.